The third kappa shape index (κ3) is 6.18. The Hall–Kier alpha value is -0.320. The molecule has 2 atom stereocenters. The van der Waals surface area contributed by atoms with Crippen molar-refractivity contribution in [3.63, 3.8) is 0 Å². The third-order valence-electron chi connectivity index (χ3n) is 1.71. The second-order valence-electron chi connectivity index (χ2n) is 3.47. The molecule has 0 amide bonds. The van der Waals surface area contributed by atoms with E-state index in [4.69, 9.17) is 15.2 Å². The summed E-state index contributed by atoms with van der Waals surface area (Å²) in [4.78, 5) is 11.3. The third-order valence-corrected chi connectivity index (χ3v) is 1.71. The zero-order chi connectivity index (χ0) is 10.4. The molecule has 5 heteroatoms. The van der Waals surface area contributed by atoms with Gasteiger partial charge in [-0.1, -0.05) is 13.8 Å². The molecular weight excluding hydrogens is 206 g/mol. The monoisotopic (exact) mass is 225 g/mol. The molecule has 0 bridgehead atoms. The highest BCUT2D eigenvalue weighted by molar-refractivity contribution is 5.85. The quantitative estimate of drug-likeness (QED) is 0.709. The minimum atomic E-state index is -0.542. The number of nitrogens with two attached hydrogens (primary N) is 1. The number of halogens is 1. The highest BCUT2D eigenvalue weighted by Gasteiger charge is 2.20. The molecule has 2 N–H and O–H groups in total. The van der Waals surface area contributed by atoms with Gasteiger partial charge in [0.05, 0.1) is 6.61 Å². The Bertz CT molecular complexity index is 164. The number of hydrogen-bond acceptors (Lipinski definition) is 4. The molecule has 0 spiro atoms. The van der Waals surface area contributed by atoms with E-state index >= 15 is 0 Å². The van der Waals surface area contributed by atoms with Gasteiger partial charge in [-0.2, -0.15) is 0 Å². The molecule has 0 aromatic carbocycles. The Morgan fingerprint density at radius 2 is 1.86 bits per heavy atom. The maximum Gasteiger partial charge on any atom is 0.323 e. The van der Waals surface area contributed by atoms with E-state index in [-0.39, 0.29) is 30.4 Å². The molecular formula is C9H20ClNO3. The van der Waals surface area contributed by atoms with Crippen LogP contribution in [0.4, 0.5) is 0 Å². The Kier molecular flexibility index (Phi) is 9.24. The summed E-state index contributed by atoms with van der Waals surface area (Å²) in [5.74, 6) is -0.262. The SMILES string of the molecule is COCC(C)OC(=O)[C@@H](N)C(C)C.Cl. The summed E-state index contributed by atoms with van der Waals surface area (Å²) < 4.78 is 9.85. The van der Waals surface area contributed by atoms with Crippen LogP contribution in [0.25, 0.3) is 0 Å². The van der Waals surface area contributed by atoms with Crippen molar-refractivity contribution in [2.24, 2.45) is 11.7 Å². The summed E-state index contributed by atoms with van der Waals surface area (Å²) in [6, 6.07) is -0.542. The van der Waals surface area contributed by atoms with E-state index in [0.29, 0.717) is 6.61 Å². The maximum atomic E-state index is 11.3. The summed E-state index contributed by atoms with van der Waals surface area (Å²) in [7, 11) is 1.56. The standard InChI is InChI=1S/C9H19NO3.ClH/c1-6(2)8(10)9(11)13-7(3)5-12-4;/h6-8H,5,10H2,1-4H3;1H/t7?,8-;/m0./s1. The Balaban J connectivity index is 0. The summed E-state index contributed by atoms with van der Waals surface area (Å²) in [6.07, 6.45) is -0.234. The second kappa shape index (κ2) is 8.03. The van der Waals surface area contributed by atoms with E-state index in [9.17, 15) is 4.79 Å². The largest absolute Gasteiger partial charge is 0.459 e. The molecule has 4 nitrogen and oxygen atoms in total. The molecule has 0 heterocycles. The van der Waals surface area contributed by atoms with Crippen LogP contribution in [0, 0.1) is 5.92 Å². The van der Waals surface area contributed by atoms with Crippen molar-refractivity contribution in [1.82, 2.24) is 0 Å². The van der Waals surface area contributed by atoms with Gasteiger partial charge in [0.15, 0.2) is 0 Å². The van der Waals surface area contributed by atoms with Gasteiger partial charge in [-0.05, 0) is 12.8 Å². The fraction of sp³-hybridized carbons (Fsp3) is 0.889. The fourth-order valence-corrected chi connectivity index (χ4v) is 0.818. The molecule has 0 aliphatic rings. The van der Waals surface area contributed by atoms with Crippen LogP contribution in [-0.2, 0) is 14.3 Å². The van der Waals surface area contributed by atoms with E-state index < -0.39 is 6.04 Å². The number of carbonyl (C=O) groups is 1. The average Bonchev–Trinajstić information content (AvgIpc) is 2.03. The van der Waals surface area contributed by atoms with E-state index in [0.717, 1.165) is 0 Å². The summed E-state index contributed by atoms with van der Waals surface area (Å²) >= 11 is 0. The van der Waals surface area contributed by atoms with Crippen LogP contribution >= 0.6 is 12.4 Å². The van der Waals surface area contributed by atoms with Crippen molar-refractivity contribution in [2.45, 2.75) is 32.9 Å². The van der Waals surface area contributed by atoms with Crippen LogP contribution < -0.4 is 5.73 Å². The number of ether oxygens (including phenoxy) is 2. The van der Waals surface area contributed by atoms with E-state index in [1.807, 2.05) is 13.8 Å². The van der Waals surface area contributed by atoms with Gasteiger partial charge in [-0.3, -0.25) is 4.79 Å². The first-order valence-corrected chi connectivity index (χ1v) is 4.44. The molecule has 0 aliphatic carbocycles. The van der Waals surface area contributed by atoms with Gasteiger partial charge in [-0.15, -0.1) is 12.4 Å². The summed E-state index contributed by atoms with van der Waals surface area (Å²) in [6.45, 7) is 5.94. The number of carbonyl (C=O) groups excluding carboxylic acids is 1. The van der Waals surface area contributed by atoms with Gasteiger partial charge in [0.25, 0.3) is 0 Å². The first-order valence-electron chi connectivity index (χ1n) is 4.44. The van der Waals surface area contributed by atoms with Crippen LogP contribution in [0.15, 0.2) is 0 Å². The maximum absolute atomic E-state index is 11.3. The van der Waals surface area contributed by atoms with Crippen molar-refractivity contribution in [2.75, 3.05) is 13.7 Å². The second-order valence-corrected chi connectivity index (χ2v) is 3.47. The molecule has 0 rings (SSSR count). The lowest BCUT2D eigenvalue weighted by Crippen LogP contribution is -2.39. The van der Waals surface area contributed by atoms with Gasteiger partial charge in [0.1, 0.15) is 12.1 Å². The lowest BCUT2D eigenvalue weighted by Gasteiger charge is -2.18. The molecule has 86 valence electrons. The van der Waals surface area contributed by atoms with Crippen molar-refractivity contribution in [3.8, 4) is 0 Å². The normalized spacial score (nSPS) is 14.4. The lowest BCUT2D eigenvalue weighted by atomic mass is 10.1. The highest BCUT2D eigenvalue weighted by Crippen LogP contribution is 2.02. The Morgan fingerprint density at radius 3 is 2.21 bits per heavy atom. The lowest BCUT2D eigenvalue weighted by molar-refractivity contribution is -0.153. The van der Waals surface area contributed by atoms with Gasteiger partial charge in [0, 0.05) is 7.11 Å². The Labute approximate surface area is 91.5 Å². The van der Waals surface area contributed by atoms with Gasteiger partial charge in [0.2, 0.25) is 0 Å². The van der Waals surface area contributed by atoms with Crippen LogP contribution in [-0.4, -0.2) is 31.8 Å². The van der Waals surface area contributed by atoms with Crippen molar-refractivity contribution >= 4 is 18.4 Å². The number of rotatable bonds is 5. The van der Waals surface area contributed by atoms with Gasteiger partial charge >= 0.3 is 5.97 Å². The van der Waals surface area contributed by atoms with E-state index in [1.165, 1.54) is 0 Å². The van der Waals surface area contributed by atoms with Gasteiger partial charge < -0.3 is 15.2 Å². The molecule has 0 aromatic heterocycles. The first kappa shape index (κ1) is 16.1. The number of hydrogen-bond donors (Lipinski definition) is 1. The molecule has 14 heavy (non-hydrogen) atoms. The molecule has 0 aromatic rings. The van der Waals surface area contributed by atoms with Crippen LogP contribution in [0.5, 0.6) is 0 Å². The van der Waals surface area contributed by atoms with Crippen molar-refractivity contribution < 1.29 is 14.3 Å². The van der Waals surface area contributed by atoms with Crippen molar-refractivity contribution in [1.29, 1.82) is 0 Å². The fourth-order valence-electron chi connectivity index (χ4n) is 0.818. The minimum absolute atomic E-state index is 0. The number of methoxy groups -OCH3 is 1. The van der Waals surface area contributed by atoms with Crippen LogP contribution in [0.1, 0.15) is 20.8 Å². The molecule has 0 fully saturated rings. The molecule has 0 radical (unpaired) electrons. The van der Waals surface area contributed by atoms with Crippen LogP contribution in [0.3, 0.4) is 0 Å². The number of esters is 1. The molecule has 0 aliphatic heterocycles. The first-order chi connectivity index (χ1) is 5.99. The van der Waals surface area contributed by atoms with Gasteiger partial charge in [-0.25, -0.2) is 0 Å². The minimum Gasteiger partial charge on any atom is -0.459 e. The van der Waals surface area contributed by atoms with Crippen molar-refractivity contribution in [3.05, 3.63) is 0 Å². The molecule has 0 saturated carbocycles. The zero-order valence-corrected chi connectivity index (χ0v) is 9.97. The van der Waals surface area contributed by atoms with E-state index in [2.05, 4.69) is 0 Å². The highest BCUT2D eigenvalue weighted by atomic mass is 35.5. The smallest absolute Gasteiger partial charge is 0.323 e. The van der Waals surface area contributed by atoms with Crippen LogP contribution in [0.2, 0.25) is 0 Å². The summed E-state index contributed by atoms with van der Waals surface area (Å²) in [5, 5.41) is 0. The zero-order valence-electron chi connectivity index (χ0n) is 9.15. The summed E-state index contributed by atoms with van der Waals surface area (Å²) in [5.41, 5.74) is 5.59. The molecule has 1 unspecified atom stereocenters. The molecule has 0 saturated heterocycles. The topological polar surface area (TPSA) is 61.5 Å². The van der Waals surface area contributed by atoms with E-state index in [1.54, 1.807) is 14.0 Å². The predicted octanol–water partition coefficient (Wildman–Crippen LogP) is 0.970. The predicted molar refractivity (Wildman–Crippen MR) is 57.5 cm³/mol. The Morgan fingerprint density at radius 1 is 1.36 bits per heavy atom. The average molecular weight is 226 g/mol.